The van der Waals surface area contributed by atoms with Gasteiger partial charge in [0.15, 0.2) is 0 Å². The van der Waals surface area contributed by atoms with E-state index in [0.717, 1.165) is 5.56 Å². The summed E-state index contributed by atoms with van der Waals surface area (Å²) in [7, 11) is 1.67. The van der Waals surface area contributed by atoms with Gasteiger partial charge in [-0.15, -0.1) is 11.8 Å². The van der Waals surface area contributed by atoms with E-state index in [-0.39, 0.29) is 30.0 Å². The van der Waals surface area contributed by atoms with E-state index in [2.05, 4.69) is 0 Å². The molecule has 2 N–H and O–H groups in total. The van der Waals surface area contributed by atoms with Crippen molar-refractivity contribution in [3.63, 3.8) is 0 Å². The Morgan fingerprint density at radius 2 is 1.95 bits per heavy atom. The van der Waals surface area contributed by atoms with Crippen LogP contribution < -0.4 is 5.73 Å². The van der Waals surface area contributed by atoms with Gasteiger partial charge < -0.3 is 15.2 Å². The van der Waals surface area contributed by atoms with Gasteiger partial charge in [-0.05, 0) is 19.4 Å². The molecule has 0 amide bonds. The number of thioether (sulfide) groups is 1. The van der Waals surface area contributed by atoms with Crippen LogP contribution in [0.5, 0.6) is 0 Å². The first-order valence-electron chi connectivity index (χ1n) is 6.67. The summed E-state index contributed by atoms with van der Waals surface area (Å²) in [6, 6.07) is 9.71. The van der Waals surface area contributed by atoms with Crippen LogP contribution >= 0.6 is 11.8 Å². The van der Waals surface area contributed by atoms with Crippen molar-refractivity contribution in [1.82, 2.24) is 0 Å². The molecule has 112 valence electrons. The van der Waals surface area contributed by atoms with Crippen molar-refractivity contribution in [2.24, 2.45) is 5.73 Å². The van der Waals surface area contributed by atoms with Crippen LogP contribution in [0.2, 0.25) is 0 Å². The summed E-state index contributed by atoms with van der Waals surface area (Å²) >= 11 is 1.59. The van der Waals surface area contributed by atoms with Crippen molar-refractivity contribution in [1.29, 1.82) is 0 Å². The highest BCUT2D eigenvalue weighted by molar-refractivity contribution is 7.99. The van der Waals surface area contributed by atoms with Gasteiger partial charge in [0.1, 0.15) is 5.44 Å². The van der Waals surface area contributed by atoms with Crippen molar-refractivity contribution in [3.05, 3.63) is 35.9 Å². The minimum atomic E-state index is -0.248. The Labute approximate surface area is 125 Å². The molecule has 1 rings (SSSR count). The summed E-state index contributed by atoms with van der Waals surface area (Å²) in [6.07, 6.45) is 0.134. The fourth-order valence-electron chi connectivity index (χ4n) is 1.71. The zero-order valence-electron chi connectivity index (χ0n) is 12.2. The van der Waals surface area contributed by atoms with Gasteiger partial charge in [-0.25, -0.2) is 0 Å². The molecule has 1 aromatic carbocycles. The highest BCUT2D eigenvalue weighted by Gasteiger charge is 2.16. The number of hydrogen-bond donors (Lipinski definition) is 1. The Hall–Kier alpha value is -1.04. The number of carbonyl (C=O) groups is 1. The molecular weight excluding hydrogens is 274 g/mol. The first-order chi connectivity index (χ1) is 9.52. The van der Waals surface area contributed by atoms with Gasteiger partial charge in [-0.2, -0.15) is 0 Å². The summed E-state index contributed by atoms with van der Waals surface area (Å²) in [5, 5.41) is 0. The van der Waals surface area contributed by atoms with Crippen molar-refractivity contribution < 1.29 is 14.3 Å². The van der Waals surface area contributed by atoms with Crippen LogP contribution in [-0.4, -0.2) is 31.0 Å². The average Bonchev–Trinajstić information content (AvgIpc) is 2.39. The van der Waals surface area contributed by atoms with Crippen LogP contribution in [0.3, 0.4) is 0 Å². The molecule has 1 aromatic rings. The Morgan fingerprint density at radius 1 is 1.30 bits per heavy atom. The van der Waals surface area contributed by atoms with E-state index < -0.39 is 0 Å². The molecule has 4 nitrogen and oxygen atoms in total. The van der Waals surface area contributed by atoms with E-state index in [0.29, 0.717) is 5.75 Å². The van der Waals surface area contributed by atoms with E-state index in [1.54, 1.807) is 18.9 Å². The Kier molecular flexibility index (Phi) is 7.65. The largest absolute Gasteiger partial charge is 0.463 e. The lowest BCUT2D eigenvalue weighted by molar-refractivity contribution is -0.147. The molecule has 0 fully saturated rings. The molecule has 0 heterocycles. The lowest BCUT2D eigenvalue weighted by Gasteiger charge is -2.18. The first kappa shape index (κ1) is 17.0. The van der Waals surface area contributed by atoms with E-state index in [1.165, 1.54) is 0 Å². The highest BCUT2D eigenvalue weighted by Crippen LogP contribution is 2.29. The lowest BCUT2D eigenvalue weighted by atomic mass is 10.2. The molecule has 0 aliphatic heterocycles. The first-order valence-corrected chi connectivity index (χ1v) is 7.72. The monoisotopic (exact) mass is 297 g/mol. The van der Waals surface area contributed by atoms with E-state index in [9.17, 15) is 4.79 Å². The van der Waals surface area contributed by atoms with Crippen molar-refractivity contribution >= 4 is 17.7 Å². The molecule has 5 heteroatoms. The number of hydrogen-bond acceptors (Lipinski definition) is 5. The lowest BCUT2D eigenvalue weighted by Crippen LogP contribution is -2.28. The number of esters is 1. The topological polar surface area (TPSA) is 61.5 Å². The number of ether oxygens (including phenoxy) is 2. The molecule has 0 aliphatic carbocycles. The molecule has 0 radical (unpaired) electrons. The maximum Gasteiger partial charge on any atom is 0.307 e. The highest BCUT2D eigenvalue weighted by atomic mass is 32.2. The van der Waals surface area contributed by atoms with Crippen LogP contribution in [0.25, 0.3) is 0 Å². The fourth-order valence-corrected chi connectivity index (χ4v) is 2.73. The SMILES string of the molecule is CO[C@@H](SCC(N)CC(=O)OC(C)C)c1ccccc1. The van der Waals surface area contributed by atoms with Gasteiger partial charge in [0.2, 0.25) is 0 Å². The van der Waals surface area contributed by atoms with Crippen molar-refractivity contribution in [3.8, 4) is 0 Å². The van der Waals surface area contributed by atoms with Crippen LogP contribution in [0.15, 0.2) is 30.3 Å². The van der Waals surface area contributed by atoms with Gasteiger partial charge in [0.25, 0.3) is 0 Å². The minimum Gasteiger partial charge on any atom is -0.463 e. The molecular formula is C15H23NO3S. The zero-order valence-corrected chi connectivity index (χ0v) is 13.1. The van der Waals surface area contributed by atoms with Gasteiger partial charge >= 0.3 is 5.97 Å². The number of methoxy groups -OCH3 is 1. The number of nitrogens with two attached hydrogens (primary N) is 1. The summed E-state index contributed by atoms with van der Waals surface area (Å²) in [5.74, 6) is 0.391. The van der Waals surface area contributed by atoms with E-state index in [4.69, 9.17) is 15.2 Å². The van der Waals surface area contributed by atoms with Gasteiger partial charge in [-0.1, -0.05) is 30.3 Å². The zero-order chi connectivity index (χ0) is 15.0. The maximum absolute atomic E-state index is 11.5. The third kappa shape index (κ3) is 6.41. The molecule has 0 saturated carbocycles. The second-order valence-corrected chi connectivity index (χ2v) is 5.91. The summed E-state index contributed by atoms with van der Waals surface area (Å²) in [5.41, 5.74) is 6.98. The summed E-state index contributed by atoms with van der Waals surface area (Å²) < 4.78 is 10.5. The Bertz CT molecular complexity index is 397. The standard InChI is InChI=1S/C15H23NO3S/c1-11(2)19-14(17)9-13(16)10-20-15(18-3)12-7-5-4-6-8-12/h4-8,11,13,15H,9-10,16H2,1-3H3/t13?,15-/m0/s1. The molecule has 0 bridgehead atoms. The van der Waals surface area contributed by atoms with Gasteiger partial charge in [0, 0.05) is 18.9 Å². The fraction of sp³-hybridized carbons (Fsp3) is 0.533. The van der Waals surface area contributed by atoms with Gasteiger partial charge in [0.05, 0.1) is 12.5 Å². The maximum atomic E-state index is 11.5. The quantitative estimate of drug-likeness (QED) is 0.590. The Morgan fingerprint density at radius 3 is 2.50 bits per heavy atom. The van der Waals surface area contributed by atoms with Crippen LogP contribution in [-0.2, 0) is 14.3 Å². The third-order valence-electron chi connectivity index (χ3n) is 2.54. The van der Waals surface area contributed by atoms with Crippen LogP contribution in [0.1, 0.15) is 31.3 Å². The molecule has 20 heavy (non-hydrogen) atoms. The van der Waals surface area contributed by atoms with Gasteiger partial charge in [-0.3, -0.25) is 4.79 Å². The van der Waals surface area contributed by atoms with Crippen LogP contribution in [0, 0.1) is 0 Å². The number of benzene rings is 1. The summed E-state index contributed by atoms with van der Waals surface area (Å²) in [6.45, 7) is 3.66. The second kappa shape index (κ2) is 9.00. The predicted molar refractivity (Wildman–Crippen MR) is 82.5 cm³/mol. The molecule has 0 aliphatic rings. The normalized spacial score (nSPS) is 14.1. The van der Waals surface area contributed by atoms with Crippen molar-refractivity contribution in [2.45, 2.75) is 37.9 Å². The molecule has 2 atom stereocenters. The number of rotatable bonds is 8. The van der Waals surface area contributed by atoms with Crippen LogP contribution in [0.4, 0.5) is 0 Å². The third-order valence-corrected chi connectivity index (χ3v) is 3.93. The molecule has 0 aromatic heterocycles. The second-order valence-electron chi connectivity index (χ2n) is 4.81. The van der Waals surface area contributed by atoms with Crippen molar-refractivity contribution in [2.75, 3.05) is 12.9 Å². The Balaban J connectivity index is 2.39. The smallest absolute Gasteiger partial charge is 0.307 e. The minimum absolute atomic E-state index is 0.0663. The van der Waals surface area contributed by atoms with E-state index in [1.807, 2.05) is 44.2 Å². The van der Waals surface area contributed by atoms with E-state index >= 15 is 0 Å². The average molecular weight is 297 g/mol. The molecule has 1 unspecified atom stereocenters. The number of carbonyl (C=O) groups excluding carboxylic acids is 1. The predicted octanol–water partition coefficient (Wildman–Crippen LogP) is 2.73. The molecule has 0 saturated heterocycles. The molecule has 0 spiro atoms. The summed E-state index contributed by atoms with van der Waals surface area (Å²) in [4.78, 5) is 11.5.